The molecule has 1 amide bonds. The fourth-order valence-corrected chi connectivity index (χ4v) is 3.99. The van der Waals surface area contributed by atoms with E-state index in [9.17, 15) is 13.6 Å². The van der Waals surface area contributed by atoms with Gasteiger partial charge in [-0.25, -0.2) is 18.9 Å². The summed E-state index contributed by atoms with van der Waals surface area (Å²) >= 11 is 0. The number of carbonyl (C=O) groups is 1. The van der Waals surface area contributed by atoms with E-state index in [0.29, 0.717) is 42.4 Å². The third kappa shape index (κ3) is 3.98. The summed E-state index contributed by atoms with van der Waals surface area (Å²) in [5, 5.41) is 16.9. The van der Waals surface area contributed by atoms with Gasteiger partial charge in [0.1, 0.15) is 11.6 Å². The lowest BCUT2D eigenvalue weighted by Crippen LogP contribution is -2.28. The second-order valence-corrected chi connectivity index (χ2v) is 7.99. The number of anilines is 1. The van der Waals surface area contributed by atoms with Crippen molar-refractivity contribution < 1.29 is 18.3 Å². The molecule has 0 aliphatic heterocycles. The molecule has 2 aromatic carbocycles. The third-order valence-electron chi connectivity index (χ3n) is 5.85. The number of benzene rings is 2. The van der Waals surface area contributed by atoms with E-state index in [4.69, 9.17) is 4.74 Å². The van der Waals surface area contributed by atoms with Crippen LogP contribution in [0.4, 0.5) is 14.5 Å². The van der Waals surface area contributed by atoms with Crippen LogP contribution in [0.25, 0.3) is 22.5 Å². The van der Waals surface area contributed by atoms with Crippen LogP contribution in [0.3, 0.4) is 0 Å². The summed E-state index contributed by atoms with van der Waals surface area (Å²) in [5.41, 5.74) is 1.92. The summed E-state index contributed by atoms with van der Waals surface area (Å²) in [6.45, 7) is 2.40. The molecule has 1 aliphatic carbocycles. The van der Waals surface area contributed by atoms with Crippen molar-refractivity contribution in [2.45, 2.75) is 25.2 Å². The Hall–Kier alpha value is -4.21. The average molecular weight is 462 g/mol. The zero-order valence-corrected chi connectivity index (χ0v) is 18.2. The molecule has 8 nitrogen and oxygen atoms in total. The Morgan fingerprint density at radius 3 is 2.62 bits per heavy atom. The van der Waals surface area contributed by atoms with Gasteiger partial charge in [-0.2, -0.15) is 0 Å². The minimum Gasteiger partial charge on any atom is -0.478 e. The summed E-state index contributed by atoms with van der Waals surface area (Å²) in [5.74, 6) is -0.830. The number of carbonyl (C=O) groups excluding carboxylic acids is 1. The monoisotopic (exact) mass is 462 g/mol. The van der Waals surface area contributed by atoms with Crippen molar-refractivity contribution in [3.63, 3.8) is 0 Å². The van der Waals surface area contributed by atoms with Gasteiger partial charge in [-0.1, -0.05) is 12.1 Å². The molecule has 172 valence electrons. The summed E-state index contributed by atoms with van der Waals surface area (Å²) < 4.78 is 33.1. The number of pyridine rings is 1. The number of nitrogens with zero attached hydrogens (tertiary/aromatic N) is 4. The molecule has 2 N–H and O–H groups in total. The number of hydrogen-bond acceptors (Lipinski definition) is 6. The minimum absolute atomic E-state index is 0.197. The quantitative estimate of drug-likeness (QED) is 0.425. The van der Waals surface area contributed by atoms with Gasteiger partial charge in [0.15, 0.2) is 5.82 Å². The maximum atomic E-state index is 14.4. The maximum Gasteiger partial charge on any atom is 0.235 e. The zero-order valence-electron chi connectivity index (χ0n) is 18.2. The van der Waals surface area contributed by atoms with Crippen molar-refractivity contribution in [1.82, 2.24) is 25.6 Å². The summed E-state index contributed by atoms with van der Waals surface area (Å²) in [4.78, 5) is 17.5. The average Bonchev–Trinajstić information content (AvgIpc) is 3.45. The minimum atomic E-state index is -1.01. The van der Waals surface area contributed by atoms with Crippen molar-refractivity contribution >= 4 is 11.6 Å². The van der Waals surface area contributed by atoms with E-state index in [0.717, 1.165) is 17.2 Å². The van der Waals surface area contributed by atoms with Crippen molar-refractivity contribution in [3.8, 4) is 28.4 Å². The van der Waals surface area contributed by atoms with Crippen LogP contribution >= 0.6 is 0 Å². The van der Waals surface area contributed by atoms with Crippen molar-refractivity contribution in [2.24, 2.45) is 0 Å². The largest absolute Gasteiger partial charge is 0.478 e. The van der Waals surface area contributed by atoms with Gasteiger partial charge in [-0.3, -0.25) is 4.79 Å². The number of nitrogens with one attached hydrogen (secondary N) is 2. The Labute approximate surface area is 193 Å². The predicted octanol–water partition coefficient (Wildman–Crippen LogP) is 4.28. The molecule has 2 heterocycles. The number of aromatic amines is 1. The number of halogens is 2. The SMILES string of the molecule is CCOc1ccc(-c2ccc(NC(=O)C3(c4ccc(F)cc4F)CC3)cc2-c2nnn[nH]2)cn1. The van der Waals surface area contributed by atoms with Gasteiger partial charge in [-0.05, 0) is 60.0 Å². The molecule has 0 saturated heterocycles. The summed E-state index contributed by atoms with van der Waals surface area (Å²) in [6, 6.07) is 12.3. The van der Waals surface area contributed by atoms with Gasteiger partial charge in [-0.15, -0.1) is 5.10 Å². The second kappa shape index (κ2) is 8.62. The lowest BCUT2D eigenvalue weighted by molar-refractivity contribution is -0.118. The molecule has 2 aromatic heterocycles. The first-order chi connectivity index (χ1) is 16.5. The second-order valence-electron chi connectivity index (χ2n) is 7.99. The first-order valence-electron chi connectivity index (χ1n) is 10.7. The molecule has 34 heavy (non-hydrogen) atoms. The highest BCUT2D eigenvalue weighted by Crippen LogP contribution is 2.50. The van der Waals surface area contributed by atoms with Crippen LogP contribution in [0.2, 0.25) is 0 Å². The van der Waals surface area contributed by atoms with Gasteiger partial charge in [0, 0.05) is 40.7 Å². The lowest BCUT2D eigenvalue weighted by Gasteiger charge is -2.17. The Balaban J connectivity index is 1.46. The van der Waals surface area contributed by atoms with Crippen LogP contribution in [0, 0.1) is 11.6 Å². The fraction of sp³-hybridized carbons (Fsp3) is 0.208. The maximum absolute atomic E-state index is 14.4. The van der Waals surface area contributed by atoms with Gasteiger partial charge in [0.25, 0.3) is 0 Å². The molecule has 1 aliphatic rings. The highest BCUT2D eigenvalue weighted by atomic mass is 19.1. The normalized spacial score (nSPS) is 14.0. The van der Waals surface area contributed by atoms with Gasteiger partial charge >= 0.3 is 0 Å². The first-order valence-corrected chi connectivity index (χ1v) is 10.7. The molecule has 10 heteroatoms. The molecule has 5 rings (SSSR count). The van der Waals surface area contributed by atoms with Crippen molar-refractivity contribution in [2.75, 3.05) is 11.9 Å². The number of tetrazole rings is 1. The molecule has 0 spiro atoms. The number of rotatable bonds is 7. The fourth-order valence-electron chi connectivity index (χ4n) is 3.99. The Kier molecular flexibility index (Phi) is 5.48. The van der Waals surface area contributed by atoms with E-state index in [-0.39, 0.29) is 11.5 Å². The van der Waals surface area contributed by atoms with E-state index < -0.39 is 17.0 Å². The molecular formula is C24H20F2N6O2. The van der Waals surface area contributed by atoms with Crippen LogP contribution in [0.5, 0.6) is 5.88 Å². The number of aromatic nitrogens is 5. The highest BCUT2D eigenvalue weighted by Gasteiger charge is 2.52. The van der Waals surface area contributed by atoms with E-state index in [2.05, 4.69) is 30.9 Å². The smallest absolute Gasteiger partial charge is 0.235 e. The zero-order chi connectivity index (χ0) is 23.7. The number of H-pyrrole nitrogens is 1. The predicted molar refractivity (Wildman–Crippen MR) is 120 cm³/mol. The molecule has 1 saturated carbocycles. The molecule has 0 atom stereocenters. The van der Waals surface area contributed by atoms with Crippen molar-refractivity contribution in [3.05, 3.63) is 71.9 Å². The summed E-state index contributed by atoms with van der Waals surface area (Å²) in [6.07, 6.45) is 2.65. The number of hydrogen-bond donors (Lipinski definition) is 2. The van der Waals surface area contributed by atoms with Crippen LogP contribution in [0.1, 0.15) is 25.3 Å². The standard InChI is InChI=1S/C24H20F2N6O2/c1-2-34-21-8-3-14(13-27-21)17-6-5-16(12-18(17)22-29-31-32-30-22)28-23(33)24(9-10-24)19-7-4-15(25)11-20(19)26/h3-8,11-13H,2,9-10H2,1H3,(H,28,33)(H,29,30,31,32). The van der Waals surface area contributed by atoms with Crippen LogP contribution in [-0.4, -0.2) is 38.1 Å². The third-order valence-corrected chi connectivity index (χ3v) is 5.85. The Bertz CT molecular complexity index is 1340. The lowest BCUT2D eigenvalue weighted by atomic mass is 9.94. The molecule has 1 fully saturated rings. The van der Waals surface area contributed by atoms with Gasteiger partial charge in [0.05, 0.1) is 12.0 Å². The van der Waals surface area contributed by atoms with E-state index in [1.807, 2.05) is 19.1 Å². The van der Waals surface area contributed by atoms with Crippen LogP contribution in [-0.2, 0) is 10.2 Å². The Morgan fingerprint density at radius 2 is 1.97 bits per heavy atom. The summed E-state index contributed by atoms with van der Waals surface area (Å²) in [7, 11) is 0. The van der Waals surface area contributed by atoms with E-state index in [1.54, 1.807) is 24.4 Å². The van der Waals surface area contributed by atoms with Crippen molar-refractivity contribution in [1.29, 1.82) is 0 Å². The molecule has 4 aromatic rings. The Morgan fingerprint density at radius 1 is 1.12 bits per heavy atom. The molecule has 0 unspecified atom stereocenters. The van der Waals surface area contributed by atoms with Gasteiger partial charge < -0.3 is 10.1 Å². The first kappa shape index (κ1) is 21.6. The number of amides is 1. The van der Waals surface area contributed by atoms with E-state index >= 15 is 0 Å². The van der Waals surface area contributed by atoms with Gasteiger partial charge in [0.2, 0.25) is 11.8 Å². The van der Waals surface area contributed by atoms with E-state index in [1.165, 1.54) is 12.1 Å². The van der Waals surface area contributed by atoms with Crippen LogP contribution in [0.15, 0.2) is 54.7 Å². The molecular weight excluding hydrogens is 442 g/mol. The number of ether oxygens (including phenoxy) is 1. The highest BCUT2D eigenvalue weighted by molar-refractivity contribution is 6.02. The molecule has 0 bridgehead atoms. The van der Waals surface area contributed by atoms with Crippen LogP contribution < -0.4 is 10.1 Å². The molecule has 0 radical (unpaired) electrons. The topological polar surface area (TPSA) is 106 Å².